The molecule has 5 nitrogen and oxygen atoms in total. The molecule has 2 aromatic rings. The quantitative estimate of drug-likeness (QED) is 0.854. The normalized spacial score (nSPS) is 21.7. The van der Waals surface area contributed by atoms with Gasteiger partial charge in [-0.1, -0.05) is 0 Å². The van der Waals surface area contributed by atoms with Crippen LogP contribution in [0.15, 0.2) is 22.7 Å². The first kappa shape index (κ1) is 15.0. The van der Waals surface area contributed by atoms with Crippen molar-refractivity contribution in [3.05, 3.63) is 41.4 Å². The number of hydrogen-bond donors (Lipinski definition) is 0. The molecule has 4 rings (SSSR count). The number of piperidine rings is 1. The Bertz CT molecular complexity index is 694. The van der Waals surface area contributed by atoms with Crippen LogP contribution in [-0.4, -0.2) is 46.0 Å². The summed E-state index contributed by atoms with van der Waals surface area (Å²) in [7, 11) is 2.26. The minimum Gasteiger partial charge on any atom is -0.465 e. The number of fused-ring (bicyclic) bond motifs is 2. The molecule has 124 valence electrons. The van der Waals surface area contributed by atoms with Gasteiger partial charge in [0.05, 0.1) is 12.1 Å². The van der Waals surface area contributed by atoms with E-state index in [2.05, 4.69) is 40.5 Å². The third kappa shape index (κ3) is 2.42. The van der Waals surface area contributed by atoms with Crippen molar-refractivity contribution in [3.8, 4) is 0 Å². The molecular formula is C18H26N4O. The number of likely N-dealkylation sites (tertiary alicyclic amines) is 1. The van der Waals surface area contributed by atoms with E-state index in [4.69, 9.17) is 9.40 Å². The molecule has 0 aromatic carbocycles. The van der Waals surface area contributed by atoms with Gasteiger partial charge in [-0.3, -0.25) is 9.80 Å². The first-order chi connectivity index (χ1) is 11.1. The summed E-state index contributed by atoms with van der Waals surface area (Å²) in [6.07, 6.45) is 4.31. The number of aromatic nitrogens is 2. The molecule has 2 aromatic heterocycles. The molecule has 0 bridgehead atoms. The molecular weight excluding hydrogens is 288 g/mol. The fraction of sp³-hybridized carbons (Fsp3) is 0.611. The summed E-state index contributed by atoms with van der Waals surface area (Å²) < 4.78 is 8.16. The third-order valence-corrected chi connectivity index (χ3v) is 5.72. The number of imidazole rings is 1. The van der Waals surface area contributed by atoms with Crippen molar-refractivity contribution in [3.63, 3.8) is 0 Å². The van der Waals surface area contributed by atoms with Gasteiger partial charge in [0.15, 0.2) is 0 Å². The minimum absolute atomic E-state index is 0.113. The topological polar surface area (TPSA) is 37.4 Å². The van der Waals surface area contributed by atoms with Crippen molar-refractivity contribution in [2.45, 2.75) is 45.3 Å². The predicted octanol–water partition coefficient (Wildman–Crippen LogP) is 2.53. The Morgan fingerprint density at radius 3 is 2.61 bits per heavy atom. The van der Waals surface area contributed by atoms with Gasteiger partial charge in [-0.25, -0.2) is 4.98 Å². The van der Waals surface area contributed by atoms with Crippen LogP contribution >= 0.6 is 0 Å². The van der Waals surface area contributed by atoms with Gasteiger partial charge in [-0.05, 0) is 45.9 Å². The molecule has 4 heterocycles. The summed E-state index contributed by atoms with van der Waals surface area (Å²) in [4.78, 5) is 9.82. The average Bonchev–Trinajstić information content (AvgIpc) is 3.12. The van der Waals surface area contributed by atoms with E-state index in [9.17, 15) is 0 Å². The van der Waals surface area contributed by atoms with Gasteiger partial charge in [0.1, 0.15) is 17.3 Å². The van der Waals surface area contributed by atoms with Crippen LogP contribution in [0.2, 0.25) is 0 Å². The summed E-state index contributed by atoms with van der Waals surface area (Å²) in [5.74, 6) is 3.35. The second-order valence-corrected chi connectivity index (χ2v) is 7.12. The fourth-order valence-electron chi connectivity index (χ4n) is 4.23. The standard InChI is InChI=1S/C18H26N4O/c1-14-12-19-17-18(20(3)10-11-22(14)17)6-8-21(9-7-18)13-16-5-4-15(2)23-16/h4-5,12H,6-11,13H2,1-3H3. The third-order valence-electron chi connectivity index (χ3n) is 5.72. The molecule has 23 heavy (non-hydrogen) atoms. The van der Waals surface area contributed by atoms with Gasteiger partial charge in [0, 0.05) is 38.1 Å². The maximum absolute atomic E-state index is 5.74. The molecule has 1 fully saturated rings. The molecule has 0 radical (unpaired) electrons. The number of aryl methyl sites for hydroxylation is 2. The number of rotatable bonds is 2. The first-order valence-corrected chi connectivity index (χ1v) is 8.60. The van der Waals surface area contributed by atoms with Gasteiger partial charge in [-0.2, -0.15) is 0 Å². The van der Waals surface area contributed by atoms with Crippen molar-refractivity contribution >= 4 is 0 Å². The lowest BCUT2D eigenvalue weighted by Crippen LogP contribution is -2.56. The van der Waals surface area contributed by atoms with Crippen molar-refractivity contribution < 1.29 is 4.42 Å². The van der Waals surface area contributed by atoms with E-state index in [0.29, 0.717) is 0 Å². The highest BCUT2D eigenvalue weighted by molar-refractivity contribution is 5.18. The summed E-state index contributed by atoms with van der Waals surface area (Å²) >= 11 is 0. The zero-order chi connectivity index (χ0) is 16.0. The largest absolute Gasteiger partial charge is 0.465 e. The van der Waals surface area contributed by atoms with Gasteiger partial charge in [0.25, 0.3) is 0 Å². The molecule has 2 aliphatic heterocycles. The van der Waals surface area contributed by atoms with Crippen LogP contribution in [0.25, 0.3) is 0 Å². The second kappa shape index (κ2) is 5.49. The first-order valence-electron chi connectivity index (χ1n) is 8.60. The van der Waals surface area contributed by atoms with Crippen LogP contribution < -0.4 is 0 Å². The smallest absolute Gasteiger partial charge is 0.129 e. The van der Waals surface area contributed by atoms with E-state index in [0.717, 1.165) is 57.1 Å². The molecule has 0 N–H and O–H groups in total. The Morgan fingerprint density at radius 1 is 1.13 bits per heavy atom. The summed E-state index contributed by atoms with van der Waals surface area (Å²) in [6, 6.07) is 4.15. The predicted molar refractivity (Wildman–Crippen MR) is 89.2 cm³/mol. The molecule has 0 unspecified atom stereocenters. The van der Waals surface area contributed by atoms with E-state index in [1.165, 1.54) is 11.5 Å². The average molecular weight is 314 g/mol. The molecule has 1 saturated heterocycles. The van der Waals surface area contributed by atoms with Crippen molar-refractivity contribution in [1.82, 2.24) is 19.4 Å². The van der Waals surface area contributed by atoms with E-state index >= 15 is 0 Å². The van der Waals surface area contributed by atoms with E-state index in [-0.39, 0.29) is 5.54 Å². The lowest BCUT2D eigenvalue weighted by Gasteiger charge is -2.49. The molecule has 1 spiro atoms. The van der Waals surface area contributed by atoms with Gasteiger partial charge >= 0.3 is 0 Å². The van der Waals surface area contributed by atoms with Crippen LogP contribution in [0.1, 0.15) is 35.9 Å². The molecule has 0 amide bonds. The Balaban J connectivity index is 1.52. The summed E-state index contributed by atoms with van der Waals surface area (Å²) in [5.41, 5.74) is 1.41. The lowest BCUT2D eigenvalue weighted by molar-refractivity contribution is 0.00481. The highest BCUT2D eigenvalue weighted by Gasteiger charge is 2.45. The highest BCUT2D eigenvalue weighted by Crippen LogP contribution is 2.40. The Labute approximate surface area is 137 Å². The number of furan rings is 1. The number of likely N-dealkylation sites (N-methyl/N-ethyl adjacent to an activating group) is 1. The van der Waals surface area contributed by atoms with E-state index < -0.39 is 0 Å². The Hall–Kier alpha value is -1.59. The monoisotopic (exact) mass is 314 g/mol. The maximum Gasteiger partial charge on any atom is 0.129 e. The zero-order valence-electron chi connectivity index (χ0n) is 14.4. The zero-order valence-corrected chi connectivity index (χ0v) is 14.4. The SMILES string of the molecule is Cc1ccc(CN2CCC3(CC2)c2ncc(C)n2CCN3C)o1. The van der Waals surface area contributed by atoms with Crippen LogP contribution in [-0.2, 0) is 18.6 Å². The summed E-state index contributed by atoms with van der Waals surface area (Å²) in [6.45, 7) is 9.46. The number of nitrogens with zero attached hydrogens (tertiary/aromatic N) is 4. The highest BCUT2D eigenvalue weighted by atomic mass is 16.3. The van der Waals surface area contributed by atoms with Crippen molar-refractivity contribution in [2.75, 3.05) is 26.7 Å². The van der Waals surface area contributed by atoms with Gasteiger partial charge in [0.2, 0.25) is 0 Å². The van der Waals surface area contributed by atoms with Crippen LogP contribution in [0, 0.1) is 13.8 Å². The van der Waals surface area contributed by atoms with Crippen LogP contribution in [0.5, 0.6) is 0 Å². The number of hydrogen-bond acceptors (Lipinski definition) is 4. The fourth-order valence-corrected chi connectivity index (χ4v) is 4.23. The minimum atomic E-state index is 0.113. The van der Waals surface area contributed by atoms with Gasteiger partial charge < -0.3 is 8.98 Å². The van der Waals surface area contributed by atoms with E-state index in [1.54, 1.807) is 0 Å². The van der Waals surface area contributed by atoms with E-state index in [1.807, 2.05) is 13.1 Å². The second-order valence-electron chi connectivity index (χ2n) is 7.12. The summed E-state index contributed by atoms with van der Waals surface area (Å²) in [5, 5.41) is 0. The Kier molecular flexibility index (Phi) is 3.58. The molecule has 0 saturated carbocycles. The van der Waals surface area contributed by atoms with Gasteiger partial charge in [-0.15, -0.1) is 0 Å². The lowest BCUT2D eigenvalue weighted by atomic mass is 9.83. The molecule has 2 aliphatic rings. The van der Waals surface area contributed by atoms with Crippen LogP contribution in [0.3, 0.4) is 0 Å². The molecule has 0 atom stereocenters. The molecule has 5 heteroatoms. The van der Waals surface area contributed by atoms with Crippen LogP contribution in [0.4, 0.5) is 0 Å². The molecule has 0 aliphatic carbocycles. The van der Waals surface area contributed by atoms with Crippen molar-refractivity contribution in [1.29, 1.82) is 0 Å². The maximum atomic E-state index is 5.74. The Morgan fingerprint density at radius 2 is 1.91 bits per heavy atom. The van der Waals surface area contributed by atoms with Crippen molar-refractivity contribution in [2.24, 2.45) is 0 Å².